The van der Waals surface area contributed by atoms with E-state index in [1.54, 1.807) is 24.3 Å². The first-order valence-electron chi connectivity index (χ1n) is 5.90. The Bertz CT molecular complexity index is 729. The number of fused-ring (bicyclic) bond motifs is 1. The summed E-state index contributed by atoms with van der Waals surface area (Å²) >= 11 is 0. The average Bonchev–Trinajstić information content (AvgIpc) is 2.87. The second-order valence-electron chi connectivity index (χ2n) is 4.29. The summed E-state index contributed by atoms with van der Waals surface area (Å²) in [5.74, 6) is -0.916. The van der Waals surface area contributed by atoms with Crippen molar-refractivity contribution >= 4 is 28.2 Å². The van der Waals surface area contributed by atoms with Gasteiger partial charge in [0.15, 0.2) is 0 Å². The molecule has 3 rings (SSSR count). The monoisotopic (exact) mass is 252 g/mol. The molecule has 0 amide bonds. The van der Waals surface area contributed by atoms with Crippen molar-refractivity contribution in [1.82, 2.24) is 4.98 Å². The molecule has 0 radical (unpaired) electrons. The van der Waals surface area contributed by atoms with Gasteiger partial charge in [-0.25, -0.2) is 4.79 Å². The second kappa shape index (κ2) is 4.49. The molecule has 0 aliphatic carbocycles. The zero-order valence-electron chi connectivity index (χ0n) is 10.1. The molecule has 0 saturated heterocycles. The maximum atomic E-state index is 10.8. The molecule has 1 heterocycles. The van der Waals surface area contributed by atoms with E-state index in [-0.39, 0.29) is 5.56 Å². The van der Waals surface area contributed by atoms with Gasteiger partial charge in [-0.2, -0.15) is 0 Å². The van der Waals surface area contributed by atoms with E-state index in [2.05, 4.69) is 10.3 Å². The van der Waals surface area contributed by atoms with E-state index in [1.807, 2.05) is 30.5 Å². The number of anilines is 2. The first-order chi connectivity index (χ1) is 9.22. The lowest BCUT2D eigenvalue weighted by Crippen LogP contribution is -1.96. The van der Waals surface area contributed by atoms with E-state index in [0.29, 0.717) is 0 Å². The van der Waals surface area contributed by atoms with Gasteiger partial charge in [0, 0.05) is 28.5 Å². The lowest BCUT2D eigenvalue weighted by molar-refractivity contribution is 0.0697. The van der Waals surface area contributed by atoms with Gasteiger partial charge >= 0.3 is 5.97 Å². The number of nitrogens with one attached hydrogen (secondary N) is 2. The van der Waals surface area contributed by atoms with Gasteiger partial charge in [0.05, 0.1) is 5.56 Å². The largest absolute Gasteiger partial charge is 0.478 e. The molecular formula is C15H12N2O2. The van der Waals surface area contributed by atoms with Gasteiger partial charge in [0.1, 0.15) is 0 Å². The zero-order valence-corrected chi connectivity index (χ0v) is 10.1. The van der Waals surface area contributed by atoms with Crippen LogP contribution in [0.15, 0.2) is 54.7 Å². The molecule has 0 saturated carbocycles. The summed E-state index contributed by atoms with van der Waals surface area (Å²) in [6, 6.07) is 14.7. The third-order valence-electron chi connectivity index (χ3n) is 2.97. The number of aromatic nitrogens is 1. The van der Waals surface area contributed by atoms with Gasteiger partial charge in [0.25, 0.3) is 0 Å². The van der Waals surface area contributed by atoms with E-state index in [9.17, 15) is 4.79 Å². The summed E-state index contributed by atoms with van der Waals surface area (Å²) in [4.78, 5) is 13.9. The number of aromatic amines is 1. The van der Waals surface area contributed by atoms with E-state index in [4.69, 9.17) is 5.11 Å². The highest BCUT2D eigenvalue weighted by Crippen LogP contribution is 2.21. The Kier molecular flexibility index (Phi) is 2.68. The fraction of sp³-hybridized carbons (Fsp3) is 0. The number of hydrogen-bond acceptors (Lipinski definition) is 2. The minimum Gasteiger partial charge on any atom is -0.478 e. The van der Waals surface area contributed by atoms with Crippen molar-refractivity contribution in [2.24, 2.45) is 0 Å². The van der Waals surface area contributed by atoms with E-state index < -0.39 is 5.97 Å². The Morgan fingerprint density at radius 2 is 1.74 bits per heavy atom. The van der Waals surface area contributed by atoms with Gasteiger partial charge in [-0.3, -0.25) is 0 Å². The third kappa shape index (κ3) is 2.28. The highest BCUT2D eigenvalue weighted by atomic mass is 16.4. The summed E-state index contributed by atoms with van der Waals surface area (Å²) in [5, 5.41) is 13.2. The maximum absolute atomic E-state index is 10.8. The van der Waals surface area contributed by atoms with Gasteiger partial charge < -0.3 is 15.4 Å². The SMILES string of the molecule is O=C(O)c1ccc(Nc2ccc3[nH]ccc3c2)cc1. The molecular weight excluding hydrogens is 240 g/mol. The molecule has 3 N–H and O–H groups in total. The summed E-state index contributed by atoms with van der Waals surface area (Å²) in [7, 11) is 0. The molecule has 1 aromatic heterocycles. The Morgan fingerprint density at radius 1 is 1.00 bits per heavy atom. The van der Waals surface area contributed by atoms with Crippen LogP contribution in [0.4, 0.5) is 11.4 Å². The molecule has 2 aromatic carbocycles. The molecule has 0 bridgehead atoms. The number of H-pyrrole nitrogens is 1. The first-order valence-corrected chi connectivity index (χ1v) is 5.90. The Labute approximate surface area is 109 Å². The molecule has 19 heavy (non-hydrogen) atoms. The average molecular weight is 252 g/mol. The van der Waals surface area contributed by atoms with E-state index >= 15 is 0 Å². The van der Waals surface area contributed by atoms with Crippen LogP contribution in [0.25, 0.3) is 10.9 Å². The lowest BCUT2D eigenvalue weighted by Gasteiger charge is -2.06. The molecule has 0 unspecified atom stereocenters. The van der Waals surface area contributed by atoms with Crippen LogP contribution in [0.2, 0.25) is 0 Å². The Morgan fingerprint density at radius 3 is 2.47 bits per heavy atom. The topological polar surface area (TPSA) is 65.1 Å². The minimum absolute atomic E-state index is 0.284. The summed E-state index contributed by atoms with van der Waals surface area (Å²) in [5.41, 5.74) is 3.20. The van der Waals surface area contributed by atoms with Crippen molar-refractivity contribution < 1.29 is 9.90 Å². The Balaban J connectivity index is 1.85. The quantitative estimate of drug-likeness (QED) is 0.667. The van der Waals surface area contributed by atoms with Crippen LogP contribution in [0.3, 0.4) is 0 Å². The lowest BCUT2D eigenvalue weighted by atomic mass is 10.2. The highest BCUT2D eigenvalue weighted by molar-refractivity contribution is 5.88. The standard InChI is InChI=1S/C15H12N2O2/c18-15(19)10-1-3-12(4-2-10)17-13-5-6-14-11(9-13)7-8-16-14/h1-9,16-17H,(H,18,19). The fourth-order valence-corrected chi connectivity index (χ4v) is 1.99. The highest BCUT2D eigenvalue weighted by Gasteiger charge is 2.02. The molecule has 0 aliphatic rings. The second-order valence-corrected chi connectivity index (χ2v) is 4.29. The number of carboxylic acid groups (broad SMARTS) is 1. The number of aromatic carboxylic acids is 1. The number of carboxylic acids is 1. The van der Waals surface area contributed by atoms with Crippen molar-refractivity contribution in [1.29, 1.82) is 0 Å². The molecule has 0 atom stereocenters. The number of carbonyl (C=O) groups is 1. The predicted octanol–water partition coefficient (Wildman–Crippen LogP) is 3.61. The molecule has 4 heteroatoms. The van der Waals surface area contributed by atoms with Gasteiger partial charge in [-0.15, -0.1) is 0 Å². The molecule has 0 aliphatic heterocycles. The predicted molar refractivity (Wildman–Crippen MR) is 75.0 cm³/mol. The van der Waals surface area contributed by atoms with Crippen LogP contribution < -0.4 is 5.32 Å². The van der Waals surface area contributed by atoms with E-state index in [1.165, 1.54) is 0 Å². The van der Waals surface area contributed by atoms with E-state index in [0.717, 1.165) is 22.3 Å². The van der Waals surface area contributed by atoms with Crippen LogP contribution in [0.5, 0.6) is 0 Å². The number of benzene rings is 2. The normalized spacial score (nSPS) is 10.5. The number of hydrogen-bond donors (Lipinski definition) is 3. The zero-order chi connectivity index (χ0) is 13.2. The van der Waals surface area contributed by atoms with Crippen LogP contribution in [-0.2, 0) is 0 Å². The van der Waals surface area contributed by atoms with Gasteiger partial charge in [-0.05, 0) is 48.5 Å². The molecule has 94 valence electrons. The van der Waals surface area contributed by atoms with Crippen molar-refractivity contribution in [3.63, 3.8) is 0 Å². The maximum Gasteiger partial charge on any atom is 0.335 e. The first kappa shape index (κ1) is 11.3. The molecule has 4 nitrogen and oxygen atoms in total. The summed E-state index contributed by atoms with van der Waals surface area (Å²) in [6.07, 6.45) is 1.90. The summed E-state index contributed by atoms with van der Waals surface area (Å²) in [6.45, 7) is 0. The third-order valence-corrected chi connectivity index (χ3v) is 2.97. The Hall–Kier alpha value is -2.75. The van der Waals surface area contributed by atoms with Gasteiger partial charge in [0.2, 0.25) is 0 Å². The number of rotatable bonds is 3. The summed E-state index contributed by atoms with van der Waals surface area (Å²) < 4.78 is 0. The van der Waals surface area contributed by atoms with Crippen LogP contribution in [-0.4, -0.2) is 16.1 Å². The molecule has 3 aromatic rings. The smallest absolute Gasteiger partial charge is 0.335 e. The fourth-order valence-electron chi connectivity index (χ4n) is 1.99. The van der Waals surface area contributed by atoms with Crippen molar-refractivity contribution in [2.45, 2.75) is 0 Å². The van der Waals surface area contributed by atoms with Crippen molar-refractivity contribution in [3.05, 3.63) is 60.3 Å². The van der Waals surface area contributed by atoms with Crippen LogP contribution >= 0.6 is 0 Å². The van der Waals surface area contributed by atoms with Gasteiger partial charge in [-0.1, -0.05) is 0 Å². The molecule has 0 fully saturated rings. The van der Waals surface area contributed by atoms with Crippen LogP contribution in [0.1, 0.15) is 10.4 Å². The molecule has 0 spiro atoms. The van der Waals surface area contributed by atoms with Crippen molar-refractivity contribution in [3.8, 4) is 0 Å². The van der Waals surface area contributed by atoms with Crippen molar-refractivity contribution in [2.75, 3.05) is 5.32 Å². The van der Waals surface area contributed by atoms with Crippen LogP contribution in [0, 0.1) is 0 Å². The minimum atomic E-state index is -0.916.